The van der Waals surface area contributed by atoms with E-state index in [-0.39, 0.29) is 0 Å². The number of nitrogens with zero attached hydrogens (tertiary/aromatic N) is 2. The molecule has 0 aliphatic rings. The highest BCUT2D eigenvalue weighted by Crippen LogP contribution is 2.30. The Morgan fingerprint density at radius 3 is 2.89 bits per heavy atom. The Kier molecular flexibility index (Phi) is 4.61. The van der Waals surface area contributed by atoms with Crippen molar-refractivity contribution in [1.29, 1.82) is 0 Å². The summed E-state index contributed by atoms with van der Waals surface area (Å²) in [7, 11) is 3.56. The van der Waals surface area contributed by atoms with E-state index in [0.29, 0.717) is 12.2 Å². The Morgan fingerprint density at radius 2 is 2.26 bits per heavy atom. The van der Waals surface area contributed by atoms with Gasteiger partial charge in [-0.3, -0.25) is 0 Å². The Labute approximate surface area is 121 Å². The van der Waals surface area contributed by atoms with Crippen molar-refractivity contribution in [3.63, 3.8) is 0 Å². The number of imidazole rings is 1. The smallest absolute Gasteiger partial charge is 0.124 e. The monoisotopic (exact) mass is 324 g/mol. The SMILES string of the molecule is COc1ccc(Br)cc1C(O)CCc1nccn1C. The number of ether oxygens (including phenoxy) is 1. The third kappa shape index (κ3) is 3.36. The van der Waals surface area contributed by atoms with Gasteiger partial charge in [0.1, 0.15) is 11.6 Å². The van der Waals surface area contributed by atoms with Gasteiger partial charge >= 0.3 is 0 Å². The van der Waals surface area contributed by atoms with Crippen LogP contribution in [0.1, 0.15) is 23.9 Å². The third-order valence-electron chi connectivity index (χ3n) is 3.11. The summed E-state index contributed by atoms with van der Waals surface area (Å²) in [6.07, 6.45) is 4.44. The van der Waals surface area contributed by atoms with Crippen molar-refractivity contribution in [1.82, 2.24) is 9.55 Å². The van der Waals surface area contributed by atoms with Crippen LogP contribution in [0.25, 0.3) is 0 Å². The highest BCUT2D eigenvalue weighted by Gasteiger charge is 2.14. The molecular formula is C14H17BrN2O2. The first kappa shape index (κ1) is 14.1. The van der Waals surface area contributed by atoms with Crippen molar-refractivity contribution in [2.45, 2.75) is 18.9 Å². The van der Waals surface area contributed by atoms with Crippen LogP contribution in [-0.4, -0.2) is 21.8 Å². The third-order valence-corrected chi connectivity index (χ3v) is 3.61. The number of methoxy groups -OCH3 is 1. The van der Waals surface area contributed by atoms with Crippen LogP contribution in [0, 0.1) is 0 Å². The number of aryl methyl sites for hydroxylation is 2. The maximum atomic E-state index is 10.3. The second-order valence-corrected chi connectivity index (χ2v) is 5.31. The standard InChI is InChI=1S/C14H17BrN2O2/c1-17-8-7-16-14(17)6-4-12(18)11-9-10(15)3-5-13(11)19-2/h3,5,7-9,12,18H,4,6H2,1-2H3. The summed E-state index contributed by atoms with van der Waals surface area (Å²) in [5.41, 5.74) is 0.797. The van der Waals surface area contributed by atoms with Gasteiger partial charge in [-0.25, -0.2) is 4.98 Å². The van der Waals surface area contributed by atoms with Crippen molar-refractivity contribution in [2.24, 2.45) is 7.05 Å². The quantitative estimate of drug-likeness (QED) is 0.919. The molecule has 1 aromatic carbocycles. The van der Waals surface area contributed by atoms with E-state index in [1.807, 2.05) is 36.0 Å². The van der Waals surface area contributed by atoms with Crippen LogP contribution >= 0.6 is 15.9 Å². The highest BCUT2D eigenvalue weighted by molar-refractivity contribution is 9.10. The van der Waals surface area contributed by atoms with Crippen LogP contribution in [0.2, 0.25) is 0 Å². The van der Waals surface area contributed by atoms with Gasteiger partial charge in [0.25, 0.3) is 0 Å². The van der Waals surface area contributed by atoms with Gasteiger partial charge in [0, 0.05) is 35.9 Å². The molecule has 0 aliphatic carbocycles. The van der Waals surface area contributed by atoms with Gasteiger partial charge in [0.15, 0.2) is 0 Å². The Bertz CT molecular complexity index is 554. The average Bonchev–Trinajstić information content (AvgIpc) is 2.81. The van der Waals surface area contributed by atoms with E-state index in [0.717, 1.165) is 22.3 Å². The molecule has 1 heterocycles. The second kappa shape index (κ2) is 6.21. The number of aromatic nitrogens is 2. The number of halogens is 1. The predicted octanol–water partition coefficient (Wildman–Crippen LogP) is 2.86. The lowest BCUT2D eigenvalue weighted by atomic mass is 10.0. The van der Waals surface area contributed by atoms with Gasteiger partial charge in [-0.2, -0.15) is 0 Å². The summed E-state index contributed by atoms with van der Waals surface area (Å²) < 4.78 is 8.17. The fourth-order valence-corrected chi connectivity index (χ4v) is 2.40. The van der Waals surface area contributed by atoms with E-state index < -0.39 is 6.10 Å². The lowest BCUT2D eigenvalue weighted by molar-refractivity contribution is 0.162. The fraction of sp³-hybridized carbons (Fsp3) is 0.357. The summed E-state index contributed by atoms with van der Waals surface area (Å²) >= 11 is 3.41. The van der Waals surface area contributed by atoms with E-state index in [1.165, 1.54) is 0 Å². The first-order valence-corrected chi connectivity index (χ1v) is 6.89. The van der Waals surface area contributed by atoms with Crippen LogP contribution < -0.4 is 4.74 Å². The minimum absolute atomic E-state index is 0.566. The van der Waals surface area contributed by atoms with Crippen LogP contribution in [0.5, 0.6) is 5.75 Å². The molecule has 0 amide bonds. The minimum atomic E-state index is -0.566. The zero-order chi connectivity index (χ0) is 13.8. The number of benzene rings is 1. The molecule has 5 heteroatoms. The Hall–Kier alpha value is -1.33. The number of rotatable bonds is 5. The molecule has 0 saturated carbocycles. The molecule has 1 atom stereocenters. The summed E-state index contributed by atoms with van der Waals surface area (Å²) in [6, 6.07) is 5.64. The Morgan fingerprint density at radius 1 is 1.47 bits per heavy atom. The zero-order valence-corrected chi connectivity index (χ0v) is 12.6. The lowest BCUT2D eigenvalue weighted by Gasteiger charge is -2.15. The second-order valence-electron chi connectivity index (χ2n) is 4.40. The van der Waals surface area contributed by atoms with Gasteiger partial charge in [0.2, 0.25) is 0 Å². The van der Waals surface area contributed by atoms with Crippen LogP contribution in [-0.2, 0) is 13.5 Å². The first-order valence-electron chi connectivity index (χ1n) is 6.09. The number of hydrogen-bond acceptors (Lipinski definition) is 3. The van der Waals surface area contributed by atoms with Crippen molar-refractivity contribution < 1.29 is 9.84 Å². The molecule has 19 heavy (non-hydrogen) atoms. The molecule has 1 aromatic heterocycles. The molecule has 1 unspecified atom stereocenters. The molecule has 2 aromatic rings. The number of aliphatic hydroxyl groups is 1. The van der Waals surface area contributed by atoms with Crippen molar-refractivity contribution >= 4 is 15.9 Å². The Balaban J connectivity index is 2.09. The minimum Gasteiger partial charge on any atom is -0.496 e. The van der Waals surface area contributed by atoms with E-state index in [1.54, 1.807) is 13.3 Å². The molecule has 0 aliphatic heterocycles. The van der Waals surface area contributed by atoms with Gasteiger partial charge < -0.3 is 14.4 Å². The van der Waals surface area contributed by atoms with Crippen molar-refractivity contribution in [2.75, 3.05) is 7.11 Å². The molecule has 1 N–H and O–H groups in total. The van der Waals surface area contributed by atoms with E-state index in [4.69, 9.17) is 4.74 Å². The molecule has 4 nitrogen and oxygen atoms in total. The molecule has 0 spiro atoms. The number of hydrogen-bond donors (Lipinski definition) is 1. The molecule has 2 rings (SSSR count). The fourth-order valence-electron chi connectivity index (χ4n) is 2.02. The summed E-state index contributed by atoms with van der Waals surface area (Å²) in [4.78, 5) is 4.25. The summed E-state index contributed by atoms with van der Waals surface area (Å²) in [6.45, 7) is 0. The molecule has 0 saturated heterocycles. The maximum Gasteiger partial charge on any atom is 0.124 e. The molecule has 0 fully saturated rings. The summed E-state index contributed by atoms with van der Waals surface area (Å²) in [5.74, 6) is 1.67. The van der Waals surface area contributed by atoms with Gasteiger partial charge in [-0.1, -0.05) is 15.9 Å². The lowest BCUT2D eigenvalue weighted by Crippen LogP contribution is -2.05. The van der Waals surface area contributed by atoms with Gasteiger partial charge in [-0.15, -0.1) is 0 Å². The predicted molar refractivity (Wildman–Crippen MR) is 77.2 cm³/mol. The normalized spacial score (nSPS) is 12.4. The van der Waals surface area contributed by atoms with Crippen LogP contribution in [0.4, 0.5) is 0 Å². The number of aliphatic hydroxyl groups excluding tert-OH is 1. The van der Waals surface area contributed by atoms with E-state index >= 15 is 0 Å². The van der Waals surface area contributed by atoms with Crippen molar-refractivity contribution in [3.8, 4) is 5.75 Å². The van der Waals surface area contributed by atoms with Gasteiger partial charge in [0.05, 0.1) is 13.2 Å². The van der Waals surface area contributed by atoms with Crippen LogP contribution in [0.15, 0.2) is 35.1 Å². The zero-order valence-electron chi connectivity index (χ0n) is 11.0. The topological polar surface area (TPSA) is 47.3 Å². The molecular weight excluding hydrogens is 308 g/mol. The molecule has 0 bridgehead atoms. The molecule has 0 radical (unpaired) electrons. The van der Waals surface area contributed by atoms with Crippen LogP contribution in [0.3, 0.4) is 0 Å². The van der Waals surface area contributed by atoms with E-state index in [9.17, 15) is 5.11 Å². The largest absolute Gasteiger partial charge is 0.496 e. The first-order chi connectivity index (χ1) is 9.11. The van der Waals surface area contributed by atoms with Gasteiger partial charge in [-0.05, 0) is 24.6 Å². The summed E-state index contributed by atoms with van der Waals surface area (Å²) in [5, 5.41) is 10.3. The van der Waals surface area contributed by atoms with E-state index in [2.05, 4.69) is 20.9 Å². The maximum absolute atomic E-state index is 10.3. The average molecular weight is 325 g/mol. The highest BCUT2D eigenvalue weighted by atomic mass is 79.9. The van der Waals surface area contributed by atoms with Crippen molar-refractivity contribution in [3.05, 3.63) is 46.5 Å². The molecule has 102 valence electrons.